The number of allylic oxidation sites excluding steroid dienone is 2. The molecule has 2 heterocycles. The summed E-state index contributed by atoms with van der Waals surface area (Å²) in [5.41, 5.74) is 4.98. The third-order valence-corrected chi connectivity index (χ3v) is 8.84. The highest BCUT2D eigenvalue weighted by molar-refractivity contribution is 6.24. The first-order valence-electron chi connectivity index (χ1n) is 12.4. The summed E-state index contributed by atoms with van der Waals surface area (Å²) in [7, 11) is 0. The number of para-hydroxylation sites is 2. The molecule has 0 aromatic heterocycles. The van der Waals surface area contributed by atoms with Gasteiger partial charge in [-0.15, -0.1) is 0 Å². The van der Waals surface area contributed by atoms with Gasteiger partial charge in [0.1, 0.15) is 0 Å². The number of nitrogens with zero attached hydrogens (tertiary/aromatic N) is 2. The molecule has 38 heavy (non-hydrogen) atoms. The number of hydrogen-bond donors (Lipinski definition) is 2. The summed E-state index contributed by atoms with van der Waals surface area (Å²) in [5.74, 6) is -8.35. The van der Waals surface area contributed by atoms with Gasteiger partial charge in [0.15, 0.2) is 11.6 Å². The van der Waals surface area contributed by atoms with Crippen LogP contribution in [0, 0.1) is 34.9 Å². The number of hydrogen-bond acceptors (Lipinski definition) is 6. The quantitative estimate of drug-likeness (QED) is 0.464. The van der Waals surface area contributed by atoms with Gasteiger partial charge in [0.25, 0.3) is 0 Å². The number of amides is 6. The van der Waals surface area contributed by atoms with E-state index in [1.54, 1.807) is 43.3 Å². The number of nitrogens with two attached hydrogens (primary N) is 1. The van der Waals surface area contributed by atoms with Crippen LogP contribution in [-0.2, 0) is 19.2 Å². The molecule has 0 radical (unpaired) electrons. The van der Waals surface area contributed by atoms with Gasteiger partial charge >= 0.3 is 6.03 Å². The summed E-state index contributed by atoms with van der Waals surface area (Å²) < 4.78 is 14.6. The average Bonchev–Trinajstić information content (AvgIpc) is 3.26. The monoisotopic (exact) mass is 517 g/mol. The molecule has 2 aromatic carbocycles. The van der Waals surface area contributed by atoms with E-state index in [2.05, 4.69) is 0 Å². The van der Waals surface area contributed by atoms with Gasteiger partial charge in [-0.1, -0.05) is 42.0 Å². The van der Waals surface area contributed by atoms with Crippen molar-refractivity contribution in [1.82, 2.24) is 4.90 Å². The first-order chi connectivity index (χ1) is 18.1. The molecule has 10 heteroatoms. The van der Waals surface area contributed by atoms with E-state index in [1.807, 2.05) is 0 Å². The van der Waals surface area contributed by atoms with Crippen molar-refractivity contribution in [2.45, 2.75) is 25.7 Å². The molecule has 0 spiro atoms. The second-order valence-electron chi connectivity index (χ2n) is 10.5. The van der Waals surface area contributed by atoms with Gasteiger partial charge in [0, 0.05) is 11.5 Å². The van der Waals surface area contributed by atoms with Crippen LogP contribution >= 0.6 is 0 Å². The van der Waals surface area contributed by atoms with E-state index in [0.29, 0.717) is 16.2 Å². The van der Waals surface area contributed by atoms with Gasteiger partial charge in [-0.2, -0.15) is 4.90 Å². The Kier molecular flexibility index (Phi) is 5.11. The van der Waals surface area contributed by atoms with Crippen LogP contribution in [0.25, 0.3) is 0 Å². The molecule has 6 atom stereocenters. The van der Waals surface area contributed by atoms with Crippen LogP contribution in [0.1, 0.15) is 31.2 Å². The van der Waals surface area contributed by atoms with E-state index in [1.165, 1.54) is 12.1 Å². The molecule has 9 nitrogen and oxygen atoms in total. The highest BCUT2D eigenvalue weighted by Gasteiger charge is 2.68. The van der Waals surface area contributed by atoms with Gasteiger partial charge in [0.05, 0.1) is 28.9 Å². The zero-order chi connectivity index (χ0) is 27.1. The maximum Gasteiger partial charge on any atom is 0.328 e. The lowest BCUT2D eigenvalue weighted by atomic mass is 9.51. The minimum absolute atomic E-state index is 0.0651. The maximum absolute atomic E-state index is 14.6. The molecule has 6 rings (SSSR count). The smallest absolute Gasteiger partial charge is 0.328 e. The molecule has 3 fully saturated rings. The van der Waals surface area contributed by atoms with Gasteiger partial charge in [0.2, 0.25) is 23.6 Å². The standard InChI is InChI=1S/C28H24FN3O6/c1-28-18(24(35)31(26(28)37)13-6-3-2-4-7-13)12-17-14(21(28)16-8-5-9-19(29)22(16)33)10-11-15-20(17)25(36)32(23(15)34)27(30)38/h2-10,15,17-18,20-21,33H,11-12H2,1H3,(H2,30,38)/t15-,17+,18-,20-,21+,28+/m0/s1. The van der Waals surface area contributed by atoms with Crippen LogP contribution in [0.5, 0.6) is 5.75 Å². The van der Waals surface area contributed by atoms with Gasteiger partial charge in [-0.25, -0.2) is 14.1 Å². The zero-order valence-electron chi connectivity index (χ0n) is 20.3. The van der Waals surface area contributed by atoms with Gasteiger partial charge in [-0.05, 0) is 43.9 Å². The number of carbonyl (C=O) groups is 5. The molecule has 4 aliphatic rings. The Morgan fingerprint density at radius 2 is 1.71 bits per heavy atom. The largest absolute Gasteiger partial charge is 0.505 e. The fraction of sp³-hybridized carbons (Fsp3) is 0.321. The summed E-state index contributed by atoms with van der Waals surface area (Å²) in [6, 6.07) is 11.3. The predicted molar refractivity (Wildman–Crippen MR) is 131 cm³/mol. The molecule has 0 bridgehead atoms. The van der Waals surface area contributed by atoms with Crippen LogP contribution in [0.15, 0.2) is 60.2 Å². The Bertz CT molecular complexity index is 1470. The molecular formula is C28H24FN3O6. The Labute approximate surface area is 216 Å². The summed E-state index contributed by atoms with van der Waals surface area (Å²) in [6.07, 6.45) is 1.90. The van der Waals surface area contributed by atoms with Crippen LogP contribution < -0.4 is 10.6 Å². The van der Waals surface area contributed by atoms with Crippen molar-refractivity contribution in [1.29, 1.82) is 0 Å². The van der Waals surface area contributed by atoms with Crippen molar-refractivity contribution < 1.29 is 33.5 Å². The number of anilines is 1. The molecule has 0 unspecified atom stereocenters. The Morgan fingerprint density at radius 1 is 1.00 bits per heavy atom. The Balaban J connectivity index is 1.55. The summed E-state index contributed by atoms with van der Waals surface area (Å²) in [5, 5.41) is 10.8. The number of phenolic OH excluding ortho intramolecular Hbond substituents is 1. The number of aromatic hydroxyl groups is 1. The number of imide groups is 4. The van der Waals surface area contributed by atoms with Crippen molar-refractivity contribution in [3.63, 3.8) is 0 Å². The molecule has 2 aliphatic carbocycles. The predicted octanol–water partition coefficient (Wildman–Crippen LogP) is 2.84. The van der Waals surface area contributed by atoms with Crippen LogP contribution in [0.4, 0.5) is 14.9 Å². The molecule has 3 N–H and O–H groups in total. The summed E-state index contributed by atoms with van der Waals surface area (Å²) in [4.78, 5) is 67.7. The molecule has 194 valence electrons. The minimum atomic E-state index is -1.41. The Morgan fingerprint density at radius 3 is 2.39 bits per heavy atom. The van der Waals surface area contributed by atoms with Crippen molar-refractivity contribution in [2.24, 2.45) is 34.8 Å². The van der Waals surface area contributed by atoms with E-state index in [4.69, 9.17) is 5.73 Å². The van der Waals surface area contributed by atoms with E-state index in [-0.39, 0.29) is 18.4 Å². The van der Waals surface area contributed by atoms with Crippen molar-refractivity contribution >= 4 is 35.3 Å². The van der Waals surface area contributed by atoms with Gasteiger partial charge in [-0.3, -0.25) is 19.2 Å². The lowest BCUT2D eigenvalue weighted by Gasteiger charge is -2.49. The molecule has 2 aromatic rings. The number of fused-ring (bicyclic) bond motifs is 4. The zero-order valence-corrected chi connectivity index (χ0v) is 20.3. The highest BCUT2D eigenvalue weighted by atomic mass is 19.1. The lowest BCUT2D eigenvalue weighted by Crippen LogP contribution is -2.49. The fourth-order valence-corrected chi connectivity index (χ4v) is 7.16. The van der Waals surface area contributed by atoms with Crippen molar-refractivity contribution in [2.75, 3.05) is 4.90 Å². The number of carbonyl (C=O) groups excluding carboxylic acids is 5. The number of benzene rings is 2. The SMILES string of the molecule is C[C@@]12C(=O)N(c3ccccc3)C(=O)[C@@H]1C[C@@H]1C(=CC[C@@H]3C(=O)N(C(N)=O)C(=O)[C@@H]31)[C@@H]2c1cccc(F)c1O. The normalized spacial score (nSPS) is 32.2. The van der Waals surface area contributed by atoms with Crippen LogP contribution in [-0.4, -0.2) is 39.7 Å². The molecule has 2 aliphatic heterocycles. The van der Waals surface area contributed by atoms with Crippen molar-refractivity contribution in [3.8, 4) is 5.75 Å². The minimum Gasteiger partial charge on any atom is -0.505 e. The Hall–Kier alpha value is -4.34. The molecule has 1 saturated carbocycles. The number of primary amides is 1. The lowest BCUT2D eigenvalue weighted by molar-refractivity contribution is -0.136. The third kappa shape index (κ3) is 2.94. The summed E-state index contributed by atoms with van der Waals surface area (Å²) in [6.45, 7) is 1.64. The number of rotatable bonds is 2. The first kappa shape index (κ1) is 24.0. The third-order valence-electron chi connectivity index (χ3n) is 8.84. The van der Waals surface area contributed by atoms with E-state index in [0.717, 1.165) is 11.0 Å². The fourth-order valence-electron chi connectivity index (χ4n) is 7.16. The van der Waals surface area contributed by atoms with E-state index in [9.17, 15) is 33.5 Å². The second kappa shape index (κ2) is 8.08. The number of halogens is 1. The molecule has 2 saturated heterocycles. The summed E-state index contributed by atoms with van der Waals surface area (Å²) >= 11 is 0. The first-order valence-corrected chi connectivity index (χ1v) is 12.4. The van der Waals surface area contributed by atoms with E-state index < -0.39 is 76.2 Å². The second-order valence-corrected chi connectivity index (χ2v) is 10.5. The number of urea groups is 1. The molecule has 6 amide bonds. The maximum atomic E-state index is 14.6. The van der Waals surface area contributed by atoms with Crippen LogP contribution in [0.3, 0.4) is 0 Å². The van der Waals surface area contributed by atoms with E-state index >= 15 is 0 Å². The number of likely N-dealkylation sites (tertiary alicyclic amines) is 1. The topological polar surface area (TPSA) is 138 Å². The average molecular weight is 518 g/mol. The highest BCUT2D eigenvalue weighted by Crippen LogP contribution is 2.64. The number of phenols is 1. The van der Waals surface area contributed by atoms with Gasteiger partial charge < -0.3 is 10.8 Å². The molecular weight excluding hydrogens is 493 g/mol. The van der Waals surface area contributed by atoms with Crippen LogP contribution in [0.2, 0.25) is 0 Å². The van der Waals surface area contributed by atoms with Crippen molar-refractivity contribution in [3.05, 3.63) is 71.6 Å².